The highest BCUT2D eigenvalue weighted by Gasteiger charge is 2.11. The van der Waals surface area contributed by atoms with Crippen LogP contribution in [0, 0.1) is 19.3 Å². The van der Waals surface area contributed by atoms with Crippen molar-refractivity contribution in [3.05, 3.63) is 28.8 Å². The molecule has 0 aliphatic rings. The van der Waals surface area contributed by atoms with Crippen LogP contribution in [-0.2, 0) is 5.88 Å². The molecule has 0 amide bonds. The topological polar surface area (TPSA) is 9.23 Å². The van der Waals surface area contributed by atoms with Gasteiger partial charge in [-0.05, 0) is 42.4 Å². The predicted molar refractivity (Wildman–Crippen MR) is 75.0 cm³/mol. The van der Waals surface area contributed by atoms with Gasteiger partial charge in [0, 0.05) is 5.88 Å². The van der Waals surface area contributed by atoms with Crippen LogP contribution < -0.4 is 4.74 Å². The van der Waals surface area contributed by atoms with Gasteiger partial charge >= 0.3 is 0 Å². The second kappa shape index (κ2) is 5.77. The molecule has 0 radical (unpaired) electrons. The highest BCUT2D eigenvalue weighted by atomic mass is 35.5. The summed E-state index contributed by atoms with van der Waals surface area (Å²) in [7, 11) is 0. The number of alkyl halides is 1. The molecule has 0 saturated carbocycles. The fourth-order valence-corrected chi connectivity index (χ4v) is 1.96. The third-order valence-corrected chi connectivity index (χ3v) is 3.08. The van der Waals surface area contributed by atoms with Crippen molar-refractivity contribution in [2.45, 2.75) is 46.9 Å². The van der Waals surface area contributed by atoms with Crippen LogP contribution in [0.2, 0.25) is 0 Å². The van der Waals surface area contributed by atoms with Gasteiger partial charge in [-0.3, -0.25) is 0 Å². The standard InChI is InChI=1S/C15H23ClO/c1-11-8-13(10-16)9-12(2)14(11)17-7-6-15(3,4)5/h8-9H,6-7,10H2,1-5H3. The largest absolute Gasteiger partial charge is 0.493 e. The summed E-state index contributed by atoms with van der Waals surface area (Å²) in [6.07, 6.45) is 1.06. The molecule has 96 valence electrons. The Morgan fingerprint density at radius 1 is 1.12 bits per heavy atom. The molecule has 0 aliphatic carbocycles. The molecule has 0 bridgehead atoms. The Balaban J connectivity index is 2.72. The van der Waals surface area contributed by atoms with Gasteiger partial charge in [0.25, 0.3) is 0 Å². The maximum atomic E-state index is 5.90. The number of hydrogen-bond donors (Lipinski definition) is 0. The summed E-state index contributed by atoms with van der Waals surface area (Å²) in [5.41, 5.74) is 3.83. The van der Waals surface area contributed by atoms with Crippen LogP contribution in [0.25, 0.3) is 0 Å². The first-order valence-electron chi connectivity index (χ1n) is 6.12. The highest BCUT2D eigenvalue weighted by molar-refractivity contribution is 6.17. The molecule has 2 heteroatoms. The first-order chi connectivity index (χ1) is 7.83. The summed E-state index contributed by atoms with van der Waals surface area (Å²) >= 11 is 5.85. The van der Waals surface area contributed by atoms with Crippen LogP contribution in [0.3, 0.4) is 0 Å². The average Bonchev–Trinajstić information content (AvgIpc) is 2.20. The number of rotatable bonds is 4. The first kappa shape index (κ1) is 14.4. The summed E-state index contributed by atoms with van der Waals surface area (Å²) < 4.78 is 5.90. The number of aryl methyl sites for hydroxylation is 2. The molecule has 0 unspecified atom stereocenters. The van der Waals surface area contributed by atoms with Gasteiger partial charge in [-0.1, -0.05) is 32.9 Å². The van der Waals surface area contributed by atoms with Crippen LogP contribution in [0.15, 0.2) is 12.1 Å². The van der Waals surface area contributed by atoms with E-state index in [0.29, 0.717) is 11.3 Å². The summed E-state index contributed by atoms with van der Waals surface area (Å²) in [5.74, 6) is 1.58. The van der Waals surface area contributed by atoms with Crippen LogP contribution in [0.1, 0.15) is 43.9 Å². The quantitative estimate of drug-likeness (QED) is 0.698. The summed E-state index contributed by atoms with van der Waals surface area (Å²) in [5, 5.41) is 0. The molecule has 1 aromatic carbocycles. The first-order valence-corrected chi connectivity index (χ1v) is 6.66. The molecular weight excluding hydrogens is 232 g/mol. The van der Waals surface area contributed by atoms with Crippen molar-refractivity contribution in [1.82, 2.24) is 0 Å². The molecule has 0 N–H and O–H groups in total. The van der Waals surface area contributed by atoms with E-state index in [0.717, 1.165) is 24.3 Å². The third kappa shape index (κ3) is 4.59. The lowest BCUT2D eigenvalue weighted by atomic mass is 9.93. The zero-order chi connectivity index (χ0) is 13.1. The second-order valence-corrected chi connectivity index (χ2v) is 6.12. The smallest absolute Gasteiger partial charge is 0.125 e. The number of benzene rings is 1. The molecule has 0 saturated heterocycles. The van der Waals surface area contributed by atoms with Crippen LogP contribution >= 0.6 is 11.6 Å². The van der Waals surface area contributed by atoms with E-state index in [1.165, 1.54) is 11.1 Å². The van der Waals surface area contributed by atoms with Crippen LogP contribution in [-0.4, -0.2) is 6.61 Å². The fraction of sp³-hybridized carbons (Fsp3) is 0.600. The molecule has 0 aliphatic heterocycles. The van der Waals surface area contributed by atoms with Gasteiger partial charge in [0.15, 0.2) is 0 Å². The van der Waals surface area contributed by atoms with Gasteiger partial charge in [0.05, 0.1) is 6.61 Å². The van der Waals surface area contributed by atoms with Gasteiger partial charge in [-0.25, -0.2) is 0 Å². The van der Waals surface area contributed by atoms with E-state index in [4.69, 9.17) is 16.3 Å². The van der Waals surface area contributed by atoms with Crippen molar-refractivity contribution in [3.8, 4) is 5.75 Å². The SMILES string of the molecule is Cc1cc(CCl)cc(C)c1OCCC(C)(C)C. The molecule has 1 nitrogen and oxygen atoms in total. The Bertz CT molecular complexity index is 354. The molecule has 0 spiro atoms. The number of hydrogen-bond acceptors (Lipinski definition) is 1. The van der Waals surface area contributed by atoms with Gasteiger partial charge in [0.2, 0.25) is 0 Å². The predicted octanol–water partition coefficient (Wildman–Crippen LogP) is 4.86. The Morgan fingerprint density at radius 2 is 1.65 bits per heavy atom. The average molecular weight is 255 g/mol. The molecule has 0 heterocycles. The molecule has 0 fully saturated rings. The zero-order valence-electron chi connectivity index (χ0n) is 11.6. The van der Waals surface area contributed by atoms with Crippen molar-refractivity contribution in [3.63, 3.8) is 0 Å². The van der Waals surface area contributed by atoms with Crippen molar-refractivity contribution in [2.75, 3.05) is 6.61 Å². The van der Waals surface area contributed by atoms with Crippen LogP contribution in [0.5, 0.6) is 5.75 Å². The van der Waals surface area contributed by atoms with Gasteiger partial charge in [0.1, 0.15) is 5.75 Å². The minimum atomic E-state index is 0.317. The van der Waals surface area contributed by atoms with Gasteiger partial charge in [-0.2, -0.15) is 0 Å². The number of ether oxygens (including phenoxy) is 1. The van der Waals surface area contributed by atoms with E-state index in [2.05, 4.69) is 46.8 Å². The Hall–Kier alpha value is -0.690. The molecular formula is C15H23ClO. The monoisotopic (exact) mass is 254 g/mol. The summed E-state index contributed by atoms with van der Waals surface area (Å²) in [4.78, 5) is 0. The molecule has 1 rings (SSSR count). The van der Waals surface area contributed by atoms with E-state index < -0.39 is 0 Å². The van der Waals surface area contributed by atoms with Crippen molar-refractivity contribution < 1.29 is 4.74 Å². The lowest BCUT2D eigenvalue weighted by Crippen LogP contribution is -2.12. The minimum absolute atomic E-state index is 0.317. The molecule has 17 heavy (non-hydrogen) atoms. The van der Waals surface area contributed by atoms with E-state index in [1.54, 1.807) is 0 Å². The maximum Gasteiger partial charge on any atom is 0.125 e. The minimum Gasteiger partial charge on any atom is -0.493 e. The maximum absolute atomic E-state index is 5.90. The van der Waals surface area contributed by atoms with Crippen molar-refractivity contribution >= 4 is 11.6 Å². The van der Waals surface area contributed by atoms with E-state index in [9.17, 15) is 0 Å². The lowest BCUT2D eigenvalue weighted by Gasteiger charge is -2.20. The lowest BCUT2D eigenvalue weighted by molar-refractivity contribution is 0.241. The Morgan fingerprint density at radius 3 is 2.06 bits per heavy atom. The Kier molecular flexibility index (Phi) is 4.88. The number of halogens is 1. The summed E-state index contributed by atoms with van der Waals surface area (Å²) in [6.45, 7) is 11.6. The normalized spacial score (nSPS) is 11.6. The zero-order valence-corrected chi connectivity index (χ0v) is 12.3. The highest BCUT2D eigenvalue weighted by Crippen LogP contribution is 2.27. The van der Waals surface area contributed by atoms with Crippen molar-refractivity contribution in [2.24, 2.45) is 5.41 Å². The van der Waals surface area contributed by atoms with Gasteiger partial charge in [-0.15, -0.1) is 11.6 Å². The van der Waals surface area contributed by atoms with E-state index in [1.807, 2.05) is 0 Å². The third-order valence-electron chi connectivity index (χ3n) is 2.77. The molecule has 0 atom stereocenters. The summed E-state index contributed by atoms with van der Waals surface area (Å²) in [6, 6.07) is 4.21. The van der Waals surface area contributed by atoms with Crippen LogP contribution in [0.4, 0.5) is 0 Å². The Labute approximate surface area is 110 Å². The van der Waals surface area contributed by atoms with E-state index in [-0.39, 0.29) is 0 Å². The van der Waals surface area contributed by atoms with E-state index >= 15 is 0 Å². The van der Waals surface area contributed by atoms with Crippen molar-refractivity contribution in [1.29, 1.82) is 0 Å². The second-order valence-electron chi connectivity index (χ2n) is 5.85. The molecule has 0 aromatic heterocycles. The fourth-order valence-electron chi connectivity index (χ4n) is 1.80. The molecule has 1 aromatic rings. The van der Waals surface area contributed by atoms with Gasteiger partial charge < -0.3 is 4.74 Å².